The average molecular weight is 241 g/mol. The van der Waals surface area contributed by atoms with Gasteiger partial charge in [-0.3, -0.25) is 4.79 Å². The second kappa shape index (κ2) is 7.00. The molecule has 1 unspecified atom stereocenters. The van der Waals surface area contributed by atoms with Crippen LogP contribution in [0.4, 0.5) is 0 Å². The summed E-state index contributed by atoms with van der Waals surface area (Å²) in [6.45, 7) is 6.12. The van der Waals surface area contributed by atoms with Crippen molar-refractivity contribution in [1.82, 2.24) is 4.90 Å². The van der Waals surface area contributed by atoms with Gasteiger partial charge in [0.1, 0.15) is 0 Å². The molecule has 1 aliphatic carbocycles. The first-order valence-corrected chi connectivity index (χ1v) is 6.81. The van der Waals surface area contributed by atoms with E-state index in [4.69, 9.17) is 4.74 Å². The van der Waals surface area contributed by atoms with Gasteiger partial charge in [-0.2, -0.15) is 0 Å². The van der Waals surface area contributed by atoms with Crippen LogP contribution in [0.1, 0.15) is 39.5 Å². The van der Waals surface area contributed by atoms with Crippen molar-refractivity contribution in [3.05, 3.63) is 0 Å². The lowest BCUT2D eigenvalue weighted by Crippen LogP contribution is -2.36. The number of methoxy groups -OCH3 is 1. The van der Waals surface area contributed by atoms with Crippen molar-refractivity contribution < 1.29 is 9.53 Å². The first-order valence-electron chi connectivity index (χ1n) is 6.81. The van der Waals surface area contributed by atoms with Gasteiger partial charge < -0.3 is 9.64 Å². The molecular formula is C14H27NO2. The maximum atomic E-state index is 11.7. The van der Waals surface area contributed by atoms with Crippen LogP contribution in [0.25, 0.3) is 0 Å². The zero-order chi connectivity index (χ0) is 12.8. The number of esters is 1. The summed E-state index contributed by atoms with van der Waals surface area (Å²) in [7, 11) is 3.60. The topological polar surface area (TPSA) is 29.5 Å². The van der Waals surface area contributed by atoms with E-state index >= 15 is 0 Å². The van der Waals surface area contributed by atoms with Crippen LogP contribution in [0.2, 0.25) is 0 Å². The minimum absolute atomic E-state index is 0.00593. The summed E-state index contributed by atoms with van der Waals surface area (Å²) in [6, 6.07) is 0. The van der Waals surface area contributed by atoms with Crippen LogP contribution in [-0.4, -0.2) is 38.1 Å². The van der Waals surface area contributed by atoms with Crippen molar-refractivity contribution >= 4 is 5.97 Å². The Morgan fingerprint density at radius 2 is 1.94 bits per heavy atom. The standard InChI is InChI=1S/C14H27NO2/c1-11(2)13(14(16)17-4)10-15(3)9-12-7-5-6-8-12/h11-13H,5-10H2,1-4H3. The zero-order valence-electron chi connectivity index (χ0n) is 11.7. The van der Waals surface area contributed by atoms with Crippen LogP contribution >= 0.6 is 0 Å². The van der Waals surface area contributed by atoms with Crippen LogP contribution in [0.15, 0.2) is 0 Å². The maximum Gasteiger partial charge on any atom is 0.310 e. The van der Waals surface area contributed by atoms with Gasteiger partial charge in [-0.05, 0) is 31.7 Å². The molecule has 100 valence electrons. The third-order valence-corrected chi connectivity index (χ3v) is 3.86. The summed E-state index contributed by atoms with van der Waals surface area (Å²) in [5, 5.41) is 0. The summed E-state index contributed by atoms with van der Waals surface area (Å²) >= 11 is 0. The molecule has 0 heterocycles. The fourth-order valence-corrected chi connectivity index (χ4v) is 2.75. The van der Waals surface area contributed by atoms with E-state index in [2.05, 4.69) is 25.8 Å². The highest BCUT2D eigenvalue weighted by molar-refractivity contribution is 5.72. The van der Waals surface area contributed by atoms with Crippen LogP contribution in [0.3, 0.4) is 0 Å². The van der Waals surface area contributed by atoms with Crippen LogP contribution < -0.4 is 0 Å². The van der Waals surface area contributed by atoms with Gasteiger partial charge in [0.25, 0.3) is 0 Å². The van der Waals surface area contributed by atoms with Gasteiger partial charge in [0.2, 0.25) is 0 Å². The largest absolute Gasteiger partial charge is 0.469 e. The summed E-state index contributed by atoms with van der Waals surface area (Å²) in [4.78, 5) is 14.0. The maximum absolute atomic E-state index is 11.7. The molecule has 0 spiro atoms. The van der Waals surface area contributed by atoms with E-state index in [0.717, 1.165) is 19.0 Å². The Balaban J connectivity index is 2.39. The normalized spacial score (nSPS) is 18.9. The van der Waals surface area contributed by atoms with Gasteiger partial charge in [-0.25, -0.2) is 0 Å². The monoisotopic (exact) mass is 241 g/mol. The van der Waals surface area contributed by atoms with Crippen LogP contribution in [0, 0.1) is 17.8 Å². The lowest BCUT2D eigenvalue weighted by atomic mass is 9.95. The van der Waals surface area contributed by atoms with Gasteiger partial charge in [-0.15, -0.1) is 0 Å². The van der Waals surface area contributed by atoms with Gasteiger partial charge in [-0.1, -0.05) is 26.7 Å². The first-order chi connectivity index (χ1) is 8.04. The molecule has 0 N–H and O–H groups in total. The fraction of sp³-hybridized carbons (Fsp3) is 0.929. The van der Waals surface area contributed by atoms with Crippen molar-refractivity contribution in [3.8, 4) is 0 Å². The lowest BCUT2D eigenvalue weighted by Gasteiger charge is -2.26. The number of hydrogen-bond donors (Lipinski definition) is 0. The van der Waals surface area contributed by atoms with Crippen molar-refractivity contribution in [2.24, 2.45) is 17.8 Å². The Labute approximate surface area is 106 Å². The summed E-state index contributed by atoms with van der Waals surface area (Å²) in [5.41, 5.74) is 0. The van der Waals surface area contributed by atoms with E-state index in [-0.39, 0.29) is 11.9 Å². The summed E-state index contributed by atoms with van der Waals surface area (Å²) in [5.74, 6) is 1.11. The van der Waals surface area contributed by atoms with Crippen LogP contribution in [0.5, 0.6) is 0 Å². The Hall–Kier alpha value is -0.570. The highest BCUT2D eigenvalue weighted by Crippen LogP contribution is 2.25. The molecule has 0 aromatic rings. The predicted octanol–water partition coefficient (Wildman–Crippen LogP) is 2.55. The molecule has 17 heavy (non-hydrogen) atoms. The quantitative estimate of drug-likeness (QED) is 0.669. The molecule has 3 heteroatoms. The predicted molar refractivity (Wildman–Crippen MR) is 69.8 cm³/mol. The second-order valence-corrected chi connectivity index (χ2v) is 5.75. The van der Waals surface area contributed by atoms with Gasteiger partial charge >= 0.3 is 5.97 Å². The molecule has 0 aromatic heterocycles. The highest BCUT2D eigenvalue weighted by Gasteiger charge is 2.26. The molecule has 1 atom stereocenters. The number of carbonyl (C=O) groups excluding carboxylic acids is 1. The molecule has 0 saturated heterocycles. The minimum atomic E-state index is -0.0710. The number of carbonyl (C=O) groups is 1. The van der Waals surface area contributed by atoms with Crippen molar-refractivity contribution in [3.63, 3.8) is 0 Å². The zero-order valence-corrected chi connectivity index (χ0v) is 11.7. The smallest absolute Gasteiger partial charge is 0.310 e. The number of nitrogens with zero attached hydrogens (tertiary/aromatic N) is 1. The lowest BCUT2D eigenvalue weighted by molar-refractivity contribution is -0.147. The summed E-state index contributed by atoms with van der Waals surface area (Å²) < 4.78 is 4.88. The fourth-order valence-electron chi connectivity index (χ4n) is 2.75. The van der Waals surface area contributed by atoms with Crippen LogP contribution in [-0.2, 0) is 9.53 Å². The molecule has 0 aromatic carbocycles. The third-order valence-electron chi connectivity index (χ3n) is 3.86. The molecular weight excluding hydrogens is 214 g/mol. The van der Waals surface area contributed by atoms with E-state index in [9.17, 15) is 4.79 Å². The van der Waals surface area contributed by atoms with Gasteiger partial charge in [0.05, 0.1) is 13.0 Å². The van der Waals surface area contributed by atoms with Gasteiger partial charge in [0.15, 0.2) is 0 Å². The highest BCUT2D eigenvalue weighted by atomic mass is 16.5. The third kappa shape index (κ3) is 4.66. The van der Waals surface area contributed by atoms with Crippen molar-refractivity contribution in [2.45, 2.75) is 39.5 Å². The molecule has 0 aliphatic heterocycles. The summed E-state index contributed by atoms with van der Waals surface area (Å²) in [6.07, 6.45) is 5.47. The SMILES string of the molecule is COC(=O)C(CN(C)CC1CCCC1)C(C)C. The molecule has 0 amide bonds. The van der Waals surface area contributed by atoms with E-state index in [1.807, 2.05) is 0 Å². The van der Waals surface area contributed by atoms with E-state index in [0.29, 0.717) is 5.92 Å². The molecule has 1 fully saturated rings. The molecule has 1 aliphatic rings. The average Bonchev–Trinajstić information content (AvgIpc) is 2.77. The Morgan fingerprint density at radius 1 is 1.35 bits per heavy atom. The van der Waals surface area contributed by atoms with E-state index < -0.39 is 0 Å². The molecule has 0 bridgehead atoms. The van der Waals surface area contributed by atoms with Gasteiger partial charge in [0, 0.05) is 13.1 Å². The van der Waals surface area contributed by atoms with Crippen molar-refractivity contribution in [2.75, 3.05) is 27.2 Å². The number of rotatable bonds is 6. The molecule has 1 saturated carbocycles. The Kier molecular flexibility index (Phi) is 5.96. The molecule has 1 rings (SSSR count). The number of hydrogen-bond acceptors (Lipinski definition) is 3. The second-order valence-electron chi connectivity index (χ2n) is 5.75. The Bertz CT molecular complexity index is 234. The van der Waals surface area contributed by atoms with E-state index in [1.165, 1.54) is 32.8 Å². The minimum Gasteiger partial charge on any atom is -0.469 e. The Morgan fingerprint density at radius 3 is 2.41 bits per heavy atom. The van der Waals surface area contributed by atoms with Crippen molar-refractivity contribution in [1.29, 1.82) is 0 Å². The number of ether oxygens (including phenoxy) is 1. The molecule has 0 radical (unpaired) electrons. The molecule has 3 nitrogen and oxygen atoms in total. The first kappa shape index (κ1) is 14.5. The van der Waals surface area contributed by atoms with E-state index in [1.54, 1.807) is 0 Å².